The van der Waals surface area contributed by atoms with Crippen molar-refractivity contribution in [2.75, 3.05) is 6.54 Å². The molecule has 0 aliphatic heterocycles. The molecule has 2 aromatic carbocycles. The summed E-state index contributed by atoms with van der Waals surface area (Å²) in [7, 11) is 0. The van der Waals surface area contributed by atoms with Crippen LogP contribution in [0.4, 0.5) is 0 Å². The van der Waals surface area contributed by atoms with Gasteiger partial charge in [0.05, 0.1) is 0 Å². The molecule has 0 heterocycles. The first-order chi connectivity index (χ1) is 10.9. The van der Waals surface area contributed by atoms with Crippen molar-refractivity contribution in [1.29, 1.82) is 0 Å². The van der Waals surface area contributed by atoms with Crippen LogP contribution in [0.25, 0.3) is 12.2 Å². The van der Waals surface area contributed by atoms with E-state index in [9.17, 15) is 0 Å². The first-order valence-electron chi connectivity index (χ1n) is 8.05. The maximum Gasteiger partial charge on any atom is -0.00468 e. The van der Waals surface area contributed by atoms with Crippen LogP contribution in [0.5, 0.6) is 0 Å². The second-order valence-electron chi connectivity index (χ2n) is 5.49. The summed E-state index contributed by atoms with van der Waals surface area (Å²) in [4.78, 5) is 0. The molecule has 0 bridgehead atoms. The lowest BCUT2D eigenvalue weighted by atomic mass is 9.98. The van der Waals surface area contributed by atoms with E-state index >= 15 is 0 Å². The minimum atomic E-state index is 0.451. The third-order valence-corrected chi connectivity index (χ3v) is 3.66. The van der Waals surface area contributed by atoms with E-state index < -0.39 is 0 Å². The number of unbranched alkanes of at least 4 members (excludes halogenated alkanes) is 1. The highest BCUT2D eigenvalue weighted by molar-refractivity contribution is 5.52. The minimum Gasteiger partial charge on any atom is -0.330 e. The lowest BCUT2D eigenvalue weighted by Gasteiger charge is -2.07. The number of allylic oxidation sites excluding steroid dienone is 2. The van der Waals surface area contributed by atoms with E-state index in [4.69, 9.17) is 5.73 Å². The zero-order valence-electron chi connectivity index (χ0n) is 13.1. The maximum absolute atomic E-state index is 5.61. The van der Waals surface area contributed by atoms with E-state index in [-0.39, 0.29) is 0 Å². The Balaban J connectivity index is 2.02. The van der Waals surface area contributed by atoms with Gasteiger partial charge in [-0.1, -0.05) is 91.4 Å². The summed E-state index contributed by atoms with van der Waals surface area (Å²) in [5.74, 6) is 0.451. The largest absolute Gasteiger partial charge is 0.330 e. The summed E-state index contributed by atoms with van der Waals surface area (Å²) in [6, 6.07) is 20.9. The average Bonchev–Trinajstić information content (AvgIpc) is 2.59. The van der Waals surface area contributed by atoms with Crippen molar-refractivity contribution < 1.29 is 0 Å². The van der Waals surface area contributed by atoms with Crippen LogP contribution in [0.1, 0.15) is 30.4 Å². The molecule has 0 aliphatic rings. The van der Waals surface area contributed by atoms with E-state index in [0.29, 0.717) is 5.92 Å². The van der Waals surface area contributed by atoms with E-state index in [2.05, 4.69) is 72.8 Å². The lowest BCUT2D eigenvalue weighted by molar-refractivity contribution is 0.627. The molecule has 1 nitrogen and oxygen atoms in total. The highest BCUT2D eigenvalue weighted by Crippen LogP contribution is 2.16. The zero-order chi connectivity index (χ0) is 15.5. The highest BCUT2D eigenvalue weighted by atomic mass is 14.5. The average molecular weight is 291 g/mol. The van der Waals surface area contributed by atoms with Gasteiger partial charge in [0, 0.05) is 0 Å². The van der Waals surface area contributed by atoms with Gasteiger partial charge in [-0.05, 0) is 36.4 Å². The summed E-state index contributed by atoms with van der Waals surface area (Å²) in [6.45, 7) is 0.775. The van der Waals surface area contributed by atoms with Gasteiger partial charge in [0.15, 0.2) is 0 Å². The van der Waals surface area contributed by atoms with Crippen LogP contribution in [0.15, 0.2) is 72.8 Å². The molecule has 0 atom stereocenters. The highest BCUT2D eigenvalue weighted by Gasteiger charge is 2.00. The number of hydrogen-bond donors (Lipinski definition) is 1. The lowest BCUT2D eigenvalue weighted by Crippen LogP contribution is -2.00. The molecule has 0 aromatic heterocycles. The predicted molar refractivity (Wildman–Crippen MR) is 97.3 cm³/mol. The van der Waals surface area contributed by atoms with Gasteiger partial charge in [-0.2, -0.15) is 0 Å². The molecular weight excluding hydrogens is 266 g/mol. The molecule has 0 unspecified atom stereocenters. The van der Waals surface area contributed by atoms with E-state index in [1.54, 1.807) is 0 Å². The third-order valence-electron chi connectivity index (χ3n) is 3.66. The Morgan fingerprint density at radius 2 is 1.23 bits per heavy atom. The van der Waals surface area contributed by atoms with Crippen molar-refractivity contribution in [2.24, 2.45) is 11.7 Å². The molecular formula is C21H25N. The Morgan fingerprint density at radius 3 is 1.68 bits per heavy atom. The summed E-state index contributed by atoms with van der Waals surface area (Å²) >= 11 is 0. The molecule has 2 aromatic rings. The van der Waals surface area contributed by atoms with Gasteiger partial charge in [0.2, 0.25) is 0 Å². The first kappa shape index (κ1) is 16.3. The van der Waals surface area contributed by atoms with Crippen molar-refractivity contribution in [3.05, 3.63) is 83.9 Å². The Kier molecular flexibility index (Phi) is 7.20. The van der Waals surface area contributed by atoms with Gasteiger partial charge in [0.25, 0.3) is 0 Å². The van der Waals surface area contributed by atoms with Crippen molar-refractivity contribution in [3.63, 3.8) is 0 Å². The van der Waals surface area contributed by atoms with Crippen LogP contribution >= 0.6 is 0 Å². The predicted octanol–water partition coefficient (Wildman–Crippen LogP) is 5.16. The van der Waals surface area contributed by atoms with Crippen LogP contribution in [0.3, 0.4) is 0 Å². The monoisotopic (exact) mass is 291 g/mol. The molecule has 0 aliphatic carbocycles. The van der Waals surface area contributed by atoms with Gasteiger partial charge in [0.1, 0.15) is 0 Å². The normalized spacial score (nSPS) is 13.0. The van der Waals surface area contributed by atoms with Gasteiger partial charge in [-0.3, -0.25) is 0 Å². The van der Waals surface area contributed by atoms with Crippen LogP contribution in [-0.2, 0) is 0 Å². The van der Waals surface area contributed by atoms with Crippen molar-refractivity contribution in [3.8, 4) is 0 Å². The molecule has 2 N–H and O–H groups in total. The van der Waals surface area contributed by atoms with Crippen molar-refractivity contribution in [1.82, 2.24) is 0 Å². The fourth-order valence-electron chi connectivity index (χ4n) is 2.38. The third kappa shape index (κ3) is 6.11. The van der Waals surface area contributed by atoms with E-state index in [1.165, 1.54) is 17.5 Å². The maximum atomic E-state index is 5.61. The van der Waals surface area contributed by atoms with Gasteiger partial charge >= 0.3 is 0 Å². The van der Waals surface area contributed by atoms with E-state index in [0.717, 1.165) is 19.4 Å². The summed E-state index contributed by atoms with van der Waals surface area (Å²) in [5, 5.41) is 0. The van der Waals surface area contributed by atoms with Crippen molar-refractivity contribution >= 4 is 12.2 Å². The molecule has 0 amide bonds. The SMILES string of the molecule is NCCCCC(C=Cc1ccccc1)C=Cc1ccccc1. The zero-order valence-corrected chi connectivity index (χ0v) is 13.1. The minimum absolute atomic E-state index is 0.451. The number of benzene rings is 2. The van der Waals surface area contributed by atoms with Crippen LogP contribution in [0, 0.1) is 5.92 Å². The fraction of sp³-hybridized carbons (Fsp3) is 0.238. The summed E-state index contributed by atoms with van der Waals surface area (Å²) in [6.07, 6.45) is 12.4. The molecule has 22 heavy (non-hydrogen) atoms. The second-order valence-corrected chi connectivity index (χ2v) is 5.49. The van der Waals surface area contributed by atoms with Gasteiger partial charge in [-0.15, -0.1) is 0 Å². The van der Waals surface area contributed by atoms with Gasteiger partial charge in [-0.25, -0.2) is 0 Å². The van der Waals surface area contributed by atoms with Crippen LogP contribution in [0.2, 0.25) is 0 Å². The Bertz CT molecular complexity index is 520. The molecule has 1 heteroatoms. The van der Waals surface area contributed by atoms with E-state index in [1.807, 2.05) is 12.1 Å². The molecule has 114 valence electrons. The number of nitrogens with two attached hydrogens (primary N) is 1. The van der Waals surface area contributed by atoms with Gasteiger partial charge < -0.3 is 5.73 Å². The summed E-state index contributed by atoms with van der Waals surface area (Å²) < 4.78 is 0. The molecule has 0 radical (unpaired) electrons. The van der Waals surface area contributed by atoms with Crippen molar-refractivity contribution in [2.45, 2.75) is 19.3 Å². The quantitative estimate of drug-likeness (QED) is 0.668. The standard InChI is InChI=1S/C21H25N/c22-18-8-7-13-21(16-14-19-9-3-1-4-10-19)17-15-20-11-5-2-6-12-20/h1-6,9-12,14-17,21H,7-8,13,18,22H2. The van der Waals surface area contributed by atoms with Crippen LogP contribution in [-0.4, -0.2) is 6.54 Å². The second kappa shape index (κ2) is 9.75. The molecule has 0 saturated heterocycles. The number of rotatable bonds is 8. The first-order valence-corrected chi connectivity index (χ1v) is 8.05. The molecule has 2 rings (SSSR count). The molecule has 0 saturated carbocycles. The molecule has 0 fully saturated rings. The Morgan fingerprint density at radius 1 is 0.727 bits per heavy atom. The topological polar surface area (TPSA) is 26.0 Å². The number of hydrogen-bond acceptors (Lipinski definition) is 1. The fourth-order valence-corrected chi connectivity index (χ4v) is 2.38. The van der Waals surface area contributed by atoms with Crippen LogP contribution < -0.4 is 5.73 Å². The Labute approximate surface area is 134 Å². The summed E-state index contributed by atoms with van der Waals surface area (Å²) in [5.41, 5.74) is 8.11. The smallest absolute Gasteiger partial charge is 0.00468 e. The molecule has 0 spiro atoms. The Hall–Kier alpha value is -2.12.